The molecule has 20 heavy (non-hydrogen) atoms. The fourth-order valence-corrected chi connectivity index (χ4v) is 2.57. The van der Waals surface area contributed by atoms with E-state index in [1.165, 1.54) is 16.8 Å². The molecule has 2 amide bonds. The normalized spacial score (nSPS) is 15.3. The van der Waals surface area contributed by atoms with E-state index in [0.29, 0.717) is 0 Å². The van der Waals surface area contributed by atoms with E-state index in [9.17, 15) is 4.79 Å². The van der Waals surface area contributed by atoms with Crippen LogP contribution in [-0.2, 0) is 0 Å². The molecule has 0 bridgehead atoms. The van der Waals surface area contributed by atoms with Crippen molar-refractivity contribution >= 4 is 11.7 Å². The van der Waals surface area contributed by atoms with E-state index in [1.54, 1.807) is 0 Å². The smallest absolute Gasteiger partial charge is 0.317 e. The van der Waals surface area contributed by atoms with Gasteiger partial charge in [-0.1, -0.05) is 19.1 Å². The van der Waals surface area contributed by atoms with Gasteiger partial charge in [0.15, 0.2) is 0 Å². The third-order valence-electron chi connectivity index (χ3n) is 4.01. The summed E-state index contributed by atoms with van der Waals surface area (Å²) in [6.07, 6.45) is 0.980. The second-order valence-corrected chi connectivity index (χ2v) is 5.43. The van der Waals surface area contributed by atoms with Crippen molar-refractivity contribution in [3.63, 3.8) is 0 Å². The highest BCUT2D eigenvalue weighted by Crippen LogP contribution is 2.23. The average Bonchev–Trinajstić information content (AvgIpc) is 2.48. The van der Waals surface area contributed by atoms with Gasteiger partial charge in [-0.25, -0.2) is 4.79 Å². The van der Waals surface area contributed by atoms with E-state index in [4.69, 9.17) is 0 Å². The molecule has 0 spiro atoms. The van der Waals surface area contributed by atoms with Gasteiger partial charge < -0.3 is 15.1 Å². The lowest BCUT2D eigenvalue weighted by Crippen LogP contribution is -2.52. The molecule has 1 aromatic carbocycles. The molecule has 0 radical (unpaired) electrons. The molecule has 1 heterocycles. The zero-order chi connectivity index (χ0) is 14.5. The number of rotatable bonds is 3. The number of carbonyl (C=O) groups is 1. The first kappa shape index (κ1) is 14.7. The first-order chi connectivity index (χ1) is 9.63. The lowest BCUT2D eigenvalue weighted by atomic mass is 10.1. The molecule has 0 unspecified atom stereocenters. The average molecular weight is 275 g/mol. The SMILES string of the molecule is CCCNC(=O)N1CCN(c2cccc(C)c2C)CC1. The van der Waals surface area contributed by atoms with Crippen molar-refractivity contribution in [3.8, 4) is 0 Å². The van der Waals surface area contributed by atoms with E-state index in [0.717, 1.165) is 39.1 Å². The number of benzene rings is 1. The Balaban J connectivity index is 1.94. The summed E-state index contributed by atoms with van der Waals surface area (Å²) in [5.74, 6) is 0. The minimum Gasteiger partial charge on any atom is -0.368 e. The van der Waals surface area contributed by atoms with Crippen LogP contribution < -0.4 is 10.2 Å². The second-order valence-electron chi connectivity index (χ2n) is 5.43. The van der Waals surface area contributed by atoms with Crippen LogP contribution in [0.25, 0.3) is 0 Å². The van der Waals surface area contributed by atoms with Gasteiger partial charge in [-0.05, 0) is 37.5 Å². The van der Waals surface area contributed by atoms with Gasteiger partial charge >= 0.3 is 6.03 Å². The highest BCUT2D eigenvalue weighted by atomic mass is 16.2. The van der Waals surface area contributed by atoms with Crippen molar-refractivity contribution in [1.82, 2.24) is 10.2 Å². The Morgan fingerprint density at radius 1 is 1.20 bits per heavy atom. The maximum atomic E-state index is 11.9. The molecule has 0 aromatic heterocycles. The number of anilines is 1. The summed E-state index contributed by atoms with van der Waals surface area (Å²) in [4.78, 5) is 16.2. The predicted octanol–water partition coefficient (Wildman–Crippen LogP) is 2.55. The first-order valence-corrected chi connectivity index (χ1v) is 7.47. The molecule has 1 N–H and O–H groups in total. The van der Waals surface area contributed by atoms with Crippen molar-refractivity contribution in [1.29, 1.82) is 0 Å². The van der Waals surface area contributed by atoms with Gasteiger partial charge in [0, 0.05) is 38.4 Å². The molecule has 110 valence electrons. The lowest BCUT2D eigenvalue weighted by molar-refractivity contribution is 0.194. The number of carbonyl (C=O) groups excluding carboxylic acids is 1. The van der Waals surface area contributed by atoms with Crippen LogP contribution in [0.15, 0.2) is 18.2 Å². The monoisotopic (exact) mass is 275 g/mol. The molecule has 2 rings (SSSR count). The maximum absolute atomic E-state index is 11.9. The maximum Gasteiger partial charge on any atom is 0.317 e. The predicted molar refractivity (Wildman–Crippen MR) is 83.4 cm³/mol. The Morgan fingerprint density at radius 2 is 1.90 bits per heavy atom. The van der Waals surface area contributed by atoms with Crippen LogP contribution in [0.3, 0.4) is 0 Å². The van der Waals surface area contributed by atoms with E-state index in [2.05, 4.69) is 49.2 Å². The number of aryl methyl sites for hydroxylation is 1. The van der Waals surface area contributed by atoms with Gasteiger partial charge in [-0.15, -0.1) is 0 Å². The highest BCUT2D eigenvalue weighted by Gasteiger charge is 2.21. The third kappa shape index (κ3) is 3.24. The topological polar surface area (TPSA) is 35.6 Å². The molecule has 4 heteroatoms. The van der Waals surface area contributed by atoms with Crippen LogP contribution in [0.4, 0.5) is 10.5 Å². The summed E-state index contributed by atoms with van der Waals surface area (Å²) >= 11 is 0. The van der Waals surface area contributed by atoms with Crippen LogP contribution in [0.1, 0.15) is 24.5 Å². The molecule has 1 fully saturated rings. The largest absolute Gasteiger partial charge is 0.368 e. The van der Waals surface area contributed by atoms with E-state index in [1.807, 2.05) is 4.90 Å². The minimum atomic E-state index is 0.0764. The number of hydrogen-bond donors (Lipinski definition) is 1. The lowest BCUT2D eigenvalue weighted by Gasteiger charge is -2.37. The standard InChI is InChI=1S/C16H25N3O/c1-4-8-17-16(20)19-11-9-18(10-12-19)15-7-5-6-13(2)14(15)3/h5-7H,4,8-12H2,1-3H3,(H,17,20). The van der Waals surface area contributed by atoms with Gasteiger partial charge in [0.05, 0.1) is 0 Å². The number of hydrogen-bond acceptors (Lipinski definition) is 2. The van der Waals surface area contributed by atoms with Gasteiger partial charge in [0.25, 0.3) is 0 Å². The van der Waals surface area contributed by atoms with E-state index in [-0.39, 0.29) is 6.03 Å². The van der Waals surface area contributed by atoms with Crippen molar-refractivity contribution in [2.45, 2.75) is 27.2 Å². The van der Waals surface area contributed by atoms with E-state index < -0.39 is 0 Å². The van der Waals surface area contributed by atoms with Crippen LogP contribution in [0.5, 0.6) is 0 Å². The number of nitrogens with one attached hydrogen (secondary N) is 1. The number of piperazine rings is 1. The van der Waals surface area contributed by atoms with Crippen LogP contribution in [0, 0.1) is 13.8 Å². The van der Waals surface area contributed by atoms with Crippen molar-refractivity contribution < 1.29 is 4.79 Å². The quantitative estimate of drug-likeness (QED) is 0.920. The zero-order valence-electron chi connectivity index (χ0n) is 12.8. The molecule has 0 atom stereocenters. The zero-order valence-corrected chi connectivity index (χ0v) is 12.8. The van der Waals surface area contributed by atoms with Crippen molar-refractivity contribution in [2.24, 2.45) is 0 Å². The van der Waals surface area contributed by atoms with Gasteiger partial charge in [0.1, 0.15) is 0 Å². The summed E-state index contributed by atoms with van der Waals surface area (Å²) in [5, 5.41) is 2.95. The molecule has 1 aromatic rings. The summed E-state index contributed by atoms with van der Waals surface area (Å²) < 4.78 is 0. The fraction of sp³-hybridized carbons (Fsp3) is 0.562. The highest BCUT2D eigenvalue weighted by molar-refractivity contribution is 5.74. The second kappa shape index (κ2) is 6.64. The molecule has 0 saturated carbocycles. The first-order valence-electron chi connectivity index (χ1n) is 7.47. The van der Waals surface area contributed by atoms with Gasteiger partial charge in [-0.3, -0.25) is 0 Å². The Morgan fingerprint density at radius 3 is 2.55 bits per heavy atom. The molecule has 1 aliphatic rings. The summed E-state index contributed by atoms with van der Waals surface area (Å²) in [6, 6.07) is 6.51. The van der Waals surface area contributed by atoms with Crippen molar-refractivity contribution in [2.75, 3.05) is 37.6 Å². The van der Waals surface area contributed by atoms with Gasteiger partial charge in [-0.2, -0.15) is 0 Å². The Kier molecular flexibility index (Phi) is 4.88. The minimum absolute atomic E-state index is 0.0764. The number of nitrogens with zero attached hydrogens (tertiary/aromatic N) is 2. The number of urea groups is 1. The molecule has 1 aliphatic heterocycles. The van der Waals surface area contributed by atoms with E-state index >= 15 is 0 Å². The summed E-state index contributed by atoms with van der Waals surface area (Å²) in [6.45, 7) is 10.5. The summed E-state index contributed by atoms with van der Waals surface area (Å²) in [5.41, 5.74) is 3.97. The molecule has 0 aliphatic carbocycles. The molecule has 1 saturated heterocycles. The fourth-order valence-electron chi connectivity index (χ4n) is 2.57. The Hall–Kier alpha value is -1.71. The Bertz CT molecular complexity index is 465. The van der Waals surface area contributed by atoms with Crippen molar-refractivity contribution in [3.05, 3.63) is 29.3 Å². The molecular formula is C16H25N3O. The van der Waals surface area contributed by atoms with Crippen LogP contribution >= 0.6 is 0 Å². The molecule has 4 nitrogen and oxygen atoms in total. The molecular weight excluding hydrogens is 250 g/mol. The Labute approximate surface area is 121 Å². The van der Waals surface area contributed by atoms with Gasteiger partial charge in [0.2, 0.25) is 0 Å². The third-order valence-corrected chi connectivity index (χ3v) is 4.01. The van der Waals surface area contributed by atoms with Crippen LogP contribution in [0.2, 0.25) is 0 Å². The van der Waals surface area contributed by atoms with Crippen LogP contribution in [-0.4, -0.2) is 43.7 Å². The number of amides is 2. The summed E-state index contributed by atoms with van der Waals surface area (Å²) in [7, 11) is 0.